The smallest absolute Gasteiger partial charge is 0.0128 e. The summed E-state index contributed by atoms with van der Waals surface area (Å²) in [5.74, 6) is 1.91. The molecule has 0 amide bonds. The van der Waals surface area contributed by atoms with E-state index in [4.69, 9.17) is 0 Å². The molecule has 0 aromatic rings. The molecule has 1 saturated heterocycles. The SMILES string of the molecule is CC(C)(C)C1CC2CC(C1)N(C(C)(C)C)C2. The van der Waals surface area contributed by atoms with Crippen molar-refractivity contribution in [3.63, 3.8) is 0 Å². The second kappa shape index (κ2) is 3.73. The van der Waals surface area contributed by atoms with Crippen LogP contribution < -0.4 is 0 Å². The molecule has 0 aromatic carbocycles. The van der Waals surface area contributed by atoms with Crippen molar-refractivity contribution in [1.29, 1.82) is 0 Å². The van der Waals surface area contributed by atoms with E-state index in [0.717, 1.165) is 17.9 Å². The molecule has 0 spiro atoms. The zero-order chi connectivity index (χ0) is 12.1. The zero-order valence-electron chi connectivity index (χ0n) is 12.0. The van der Waals surface area contributed by atoms with E-state index in [0.29, 0.717) is 11.0 Å². The predicted molar refractivity (Wildman–Crippen MR) is 70.5 cm³/mol. The van der Waals surface area contributed by atoms with Crippen molar-refractivity contribution in [3.8, 4) is 0 Å². The van der Waals surface area contributed by atoms with Crippen LogP contribution in [0.3, 0.4) is 0 Å². The average molecular weight is 223 g/mol. The van der Waals surface area contributed by atoms with Crippen LogP contribution in [0.1, 0.15) is 60.8 Å². The van der Waals surface area contributed by atoms with E-state index >= 15 is 0 Å². The average Bonchev–Trinajstić information content (AvgIpc) is 2.38. The van der Waals surface area contributed by atoms with Gasteiger partial charge >= 0.3 is 0 Å². The van der Waals surface area contributed by atoms with Crippen molar-refractivity contribution in [2.24, 2.45) is 17.3 Å². The summed E-state index contributed by atoms with van der Waals surface area (Å²) in [7, 11) is 0. The van der Waals surface area contributed by atoms with Crippen LogP contribution in [0.15, 0.2) is 0 Å². The molecule has 0 aromatic heterocycles. The molecule has 1 nitrogen and oxygen atoms in total. The summed E-state index contributed by atoms with van der Waals surface area (Å²) in [6, 6.07) is 0.864. The van der Waals surface area contributed by atoms with Crippen LogP contribution in [0.25, 0.3) is 0 Å². The maximum absolute atomic E-state index is 2.77. The van der Waals surface area contributed by atoms with Gasteiger partial charge in [0.2, 0.25) is 0 Å². The Morgan fingerprint density at radius 2 is 1.50 bits per heavy atom. The van der Waals surface area contributed by atoms with Crippen molar-refractivity contribution < 1.29 is 0 Å². The normalized spacial score (nSPS) is 36.8. The van der Waals surface area contributed by atoms with E-state index in [1.807, 2.05) is 0 Å². The molecule has 94 valence electrons. The molecule has 16 heavy (non-hydrogen) atoms. The number of nitrogens with zero attached hydrogens (tertiary/aromatic N) is 1. The summed E-state index contributed by atoms with van der Waals surface area (Å²) in [5, 5.41) is 0. The van der Waals surface area contributed by atoms with E-state index in [9.17, 15) is 0 Å². The number of fused-ring (bicyclic) bond motifs is 2. The van der Waals surface area contributed by atoms with Crippen LogP contribution in [-0.2, 0) is 0 Å². The lowest BCUT2D eigenvalue weighted by Crippen LogP contribution is -2.45. The van der Waals surface area contributed by atoms with E-state index in [2.05, 4.69) is 46.4 Å². The Morgan fingerprint density at radius 3 is 2.00 bits per heavy atom. The Bertz CT molecular complexity index is 254. The number of rotatable bonds is 0. The highest BCUT2D eigenvalue weighted by Gasteiger charge is 2.45. The van der Waals surface area contributed by atoms with Gasteiger partial charge in [-0.15, -0.1) is 0 Å². The van der Waals surface area contributed by atoms with E-state index in [1.165, 1.54) is 25.8 Å². The molecular weight excluding hydrogens is 194 g/mol. The molecule has 1 heteroatoms. The summed E-state index contributed by atoms with van der Waals surface area (Å²) < 4.78 is 0. The first-order valence-corrected chi connectivity index (χ1v) is 6.94. The summed E-state index contributed by atoms with van der Waals surface area (Å²) in [6.07, 6.45) is 4.35. The maximum atomic E-state index is 2.77. The molecule has 3 atom stereocenters. The van der Waals surface area contributed by atoms with Gasteiger partial charge in [0.15, 0.2) is 0 Å². The van der Waals surface area contributed by atoms with Gasteiger partial charge in [-0.25, -0.2) is 0 Å². The second-order valence-corrected chi connectivity index (χ2v) is 8.11. The molecule has 3 unspecified atom stereocenters. The molecule has 0 radical (unpaired) electrons. The van der Waals surface area contributed by atoms with Crippen LogP contribution >= 0.6 is 0 Å². The standard InChI is InChI=1S/C15H29N/c1-14(2,3)12-7-11-8-13(9-12)16(10-11)15(4,5)6/h11-13H,7-10H2,1-6H3. The third kappa shape index (κ3) is 2.30. The zero-order valence-corrected chi connectivity index (χ0v) is 12.0. The Morgan fingerprint density at radius 1 is 0.875 bits per heavy atom. The van der Waals surface area contributed by atoms with Crippen molar-refractivity contribution in [2.75, 3.05) is 6.54 Å². The molecular formula is C15H29N. The lowest BCUT2D eigenvalue weighted by Gasteiger charge is -2.41. The number of hydrogen-bond acceptors (Lipinski definition) is 1. The molecule has 1 aliphatic carbocycles. The van der Waals surface area contributed by atoms with Gasteiger partial charge in [-0.3, -0.25) is 4.90 Å². The highest BCUT2D eigenvalue weighted by molar-refractivity contribution is 4.99. The highest BCUT2D eigenvalue weighted by atomic mass is 15.2. The van der Waals surface area contributed by atoms with Crippen molar-refractivity contribution in [2.45, 2.75) is 72.4 Å². The van der Waals surface area contributed by atoms with Gasteiger partial charge in [-0.1, -0.05) is 20.8 Å². The molecule has 2 fully saturated rings. The van der Waals surface area contributed by atoms with E-state index in [1.54, 1.807) is 0 Å². The van der Waals surface area contributed by atoms with Gasteiger partial charge in [-0.2, -0.15) is 0 Å². The first-order valence-electron chi connectivity index (χ1n) is 6.94. The van der Waals surface area contributed by atoms with Crippen LogP contribution in [0.4, 0.5) is 0 Å². The van der Waals surface area contributed by atoms with Gasteiger partial charge in [0.25, 0.3) is 0 Å². The maximum Gasteiger partial charge on any atom is 0.0128 e. The molecule has 1 heterocycles. The molecule has 2 rings (SSSR count). The Balaban J connectivity index is 2.10. The van der Waals surface area contributed by atoms with Gasteiger partial charge < -0.3 is 0 Å². The summed E-state index contributed by atoms with van der Waals surface area (Å²) in [4.78, 5) is 2.77. The van der Waals surface area contributed by atoms with Gasteiger partial charge in [0.1, 0.15) is 0 Å². The topological polar surface area (TPSA) is 3.24 Å². The number of hydrogen-bond donors (Lipinski definition) is 0. The lowest BCUT2D eigenvalue weighted by molar-refractivity contribution is 0.0890. The van der Waals surface area contributed by atoms with E-state index in [-0.39, 0.29) is 0 Å². The van der Waals surface area contributed by atoms with Crippen LogP contribution in [0.2, 0.25) is 0 Å². The Labute approximate surface area is 102 Å². The first-order chi connectivity index (χ1) is 7.18. The summed E-state index contributed by atoms with van der Waals surface area (Å²) in [5.41, 5.74) is 0.872. The summed E-state index contributed by atoms with van der Waals surface area (Å²) in [6.45, 7) is 15.7. The largest absolute Gasteiger partial charge is 0.295 e. The first kappa shape index (κ1) is 12.4. The fourth-order valence-corrected chi connectivity index (χ4v) is 3.76. The highest BCUT2D eigenvalue weighted by Crippen LogP contribution is 2.47. The monoisotopic (exact) mass is 223 g/mol. The van der Waals surface area contributed by atoms with Gasteiger partial charge in [0.05, 0.1) is 0 Å². The van der Waals surface area contributed by atoms with Crippen LogP contribution in [0.5, 0.6) is 0 Å². The molecule has 0 N–H and O–H groups in total. The van der Waals surface area contributed by atoms with Crippen molar-refractivity contribution in [3.05, 3.63) is 0 Å². The van der Waals surface area contributed by atoms with Crippen LogP contribution in [-0.4, -0.2) is 23.0 Å². The quantitative estimate of drug-likeness (QED) is 0.601. The van der Waals surface area contributed by atoms with Gasteiger partial charge in [-0.05, 0) is 57.3 Å². The second-order valence-electron chi connectivity index (χ2n) is 8.11. The van der Waals surface area contributed by atoms with E-state index < -0.39 is 0 Å². The minimum Gasteiger partial charge on any atom is -0.295 e. The Kier molecular flexibility index (Phi) is 2.89. The van der Waals surface area contributed by atoms with Crippen molar-refractivity contribution in [1.82, 2.24) is 4.90 Å². The molecule has 2 aliphatic rings. The Hall–Kier alpha value is -0.0400. The third-order valence-corrected chi connectivity index (χ3v) is 4.76. The minimum absolute atomic E-state index is 0.367. The third-order valence-electron chi connectivity index (χ3n) is 4.76. The fraction of sp³-hybridized carbons (Fsp3) is 1.00. The van der Waals surface area contributed by atoms with Crippen molar-refractivity contribution >= 4 is 0 Å². The molecule has 2 bridgehead atoms. The predicted octanol–water partition coefficient (Wildman–Crippen LogP) is 3.93. The lowest BCUT2D eigenvalue weighted by atomic mass is 9.69. The van der Waals surface area contributed by atoms with Gasteiger partial charge in [0, 0.05) is 18.1 Å². The number of likely N-dealkylation sites (tertiary alicyclic amines) is 1. The molecule has 1 saturated carbocycles. The van der Waals surface area contributed by atoms with Crippen LogP contribution in [0, 0.1) is 17.3 Å². The summed E-state index contributed by atoms with van der Waals surface area (Å²) >= 11 is 0. The fourth-order valence-electron chi connectivity index (χ4n) is 3.76. The minimum atomic E-state index is 0.367. The molecule has 1 aliphatic heterocycles.